The lowest BCUT2D eigenvalue weighted by Crippen LogP contribution is -2.46. The Morgan fingerprint density at radius 3 is 2.21 bits per heavy atom. The lowest BCUT2D eigenvalue weighted by atomic mass is 9.86. The Hall–Kier alpha value is -2.95. The van der Waals surface area contributed by atoms with Gasteiger partial charge in [-0.25, -0.2) is 0 Å². The Bertz CT molecular complexity index is 907. The van der Waals surface area contributed by atoms with Crippen molar-refractivity contribution in [2.24, 2.45) is 4.99 Å². The van der Waals surface area contributed by atoms with Crippen LogP contribution in [0.15, 0.2) is 59.6 Å². The zero-order chi connectivity index (χ0) is 20.5. The number of nitrogens with one attached hydrogen (secondary N) is 1. The van der Waals surface area contributed by atoms with Crippen LogP contribution in [0, 0.1) is 0 Å². The molecule has 0 bridgehead atoms. The van der Waals surface area contributed by atoms with E-state index in [-0.39, 0.29) is 23.8 Å². The predicted octanol–water partition coefficient (Wildman–Crippen LogP) is 3.99. The van der Waals surface area contributed by atoms with Gasteiger partial charge in [0, 0.05) is 11.3 Å². The normalized spacial score (nSPS) is 16.1. The summed E-state index contributed by atoms with van der Waals surface area (Å²) in [5, 5.41) is 2.82. The minimum Gasteiger partial charge on any atom is -0.325 e. The van der Waals surface area contributed by atoms with Gasteiger partial charge in [-0.1, -0.05) is 63.2 Å². The molecule has 146 valence electrons. The van der Waals surface area contributed by atoms with Crippen LogP contribution in [0.3, 0.4) is 0 Å². The molecule has 1 N–H and O–H groups in total. The molecule has 0 saturated carbocycles. The summed E-state index contributed by atoms with van der Waals surface area (Å²) in [6.45, 7) is 10.1. The predicted molar refractivity (Wildman–Crippen MR) is 113 cm³/mol. The van der Waals surface area contributed by atoms with Crippen molar-refractivity contribution < 1.29 is 9.59 Å². The van der Waals surface area contributed by atoms with Gasteiger partial charge in [0.1, 0.15) is 17.9 Å². The van der Waals surface area contributed by atoms with Crippen molar-refractivity contribution in [1.82, 2.24) is 4.90 Å². The molecule has 0 aromatic heterocycles. The highest BCUT2D eigenvalue weighted by Crippen LogP contribution is 2.28. The van der Waals surface area contributed by atoms with Crippen molar-refractivity contribution >= 4 is 23.2 Å². The largest absolute Gasteiger partial charge is 0.325 e. The second kappa shape index (κ2) is 7.23. The Kier molecular flexibility index (Phi) is 5.11. The van der Waals surface area contributed by atoms with Gasteiger partial charge in [-0.2, -0.15) is 0 Å². The number of nitrogens with zero attached hydrogens (tertiary/aromatic N) is 2. The van der Waals surface area contributed by atoms with Crippen LogP contribution < -0.4 is 5.32 Å². The fourth-order valence-electron chi connectivity index (χ4n) is 3.21. The molecule has 0 saturated heterocycles. The monoisotopic (exact) mass is 377 g/mol. The van der Waals surface area contributed by atoms with E-state index in [1.165, 1.54) is 10.5 Å². The van der Waals surface area contributed by atoms with E-state index in [1.54, 1.807) is 0 Å². The molecule has 0 spiro atoms. The Morgan fingerprint density at radius 2 is 1.64 bits per heavy atom. The molecule has 1 aliphatic rings. The van der Waals surface area contributed by atoms with Crippen molar-refractivity contribution in [2.45, 2.75) is 45.7 Å². The van der Waals surface area contributed by atoms with Crippen molar-refractivity contribution in [1.29, 1.82) is 0 Å². The number of benzene rings is 2. The van der Waals surface area contributed by atoms with E-state index in [4.69, 9.17) is 0 Å². The van der Waals surface area contributed by atoms with Gasteiger partial charge < -0.3 is 10.2 Å². The molecule has 5 nitrogen and oxygen atoms in total. The summed E-state index contributed by atoms with van der Waals surface area (Å²) in [7, 11) is 0. The first-order chi connectivity index (χ1) is 13.1. The number of aliphatic imine (C=N–C) groups is 1. The highest BCUT2D eigenvalue weighted by molar-refractivity contribution is 6.47. The molecule has 5 heteroatoms. The first-order valence-corrected chi connectivity index (χ1v) is 9.45. The molecule has 28 heavy (non-hydrogen) atoms. The first-order valence-electron chi connectivity index (χ1n) is 9.45. The fourth-order valence-corrected chi connectivity index (χ4v) is 3.21. The molecule has 1 heterocycles. The quantitative estimate of drug-likeness (QED) is 0.876. The highest BCUT2D eigenvalue weighted by Gasteiger charge is 2.41. The van der Waals surface area contributed by atoms with Crippen LogP contribution in [-0.2, 0) is 15.0 Å². The highest BCUT2D eigenvalue weighted by atomic mass is 16.2. The lowest BCUT2D eigenvalue weighted by Gasteiger charge is -2.28. The third kappa shape index (κ3) is 4.14. The van der Waals surface area contributed by atoms with Crippen LogP contribution in [0.1, 0.15) is 45.7 Å². The smallest absolute Gasteiger partial charge is 0.275 e. The van der Waals surface area contributed by atoms with Gasteiger partial charge in [0.05, 0.1) is 0 Å². The van der Waals surface area contributed by atoms with E-state index in [0.29, 0.717) is 11.4 Å². The van der Waals surface area contributed by atoms with E-state index in [2.05, 4.69) is 31.1 Å². The first kappa shape index (κ1) is 19.8. The maximum absolute atomic E-state index is 13.0. The fraction of sp³-hybridized carbons (Fsp3) is 0.348. The summed E-state index contributed by atoms with van der Waals surface area (Å²) in [5.74, 6) is -0.469. The summed E-state index contributed by atoms with van der Waals surface area (Å²) >= 11 is 0. The number of para-hydroxylation sites is 1. The number of carbonyl (C=O) groups is 2. The average Bonchev–Trinajstić information content (AvgIpc) is 2.85. The zero-order valence-corrected chi connectivity index (χ0v) is 17.1. The van der Waals surface area contributed by atoms with Crippen LogP contribution in [0.25, 0.3) is 0 Å². The van der Waals surface area contributed by atoms with Crippen molar-refractivity contribution in [2.75, 3.05) is 11.9 Å². The minimum atomic E-state index is -0.775. The zero-order valence-electron chi connectivity index (χ0n) is 17.1. The summed E-state index contributed by atoms with van der Waals surface area (Å²) in [6, 6.07) is 17.1. The third-order valence-electron chi connectivity index (χ3n) is 4.88. The van der Waals surface area contributed by atoms with E-state index >= 15 is 0 Å². The number of hydrogen-bond acceptors (Lipinski definition) is 3. The molecule has 0 unspecified atom stereocenters. The maximum Gasteiger partial charge on any atom is 0.275 e. The molecule has 0 fully saturated rings. The van der Waals surface area contributed by atoms with Crippen LogP contribution in [0.2, 0.25) is 0 Å². The molecule has 2 aromatic rings. The molecule has 1 aliphatic heterocycles. The van der Waals surface area contributed by atoms with Crippen LogP contribution >= 0.6 is 0 Å². The number of amides is 2. The summed E-state index contributed by atoms with van der Waals surface area (Å²) < 4.78 is 0. The van der Waals surface area contributed by atoms with Gasteiger partial charge in [0.15, 0.2) is 0 Å². The standard InChI is InChI=1S/C23H27N3O2/c1-22(2,3)17-13-11-16(12-14-17)20-21(28)26(23(4,5)25-20)15-19(27)24-18-9-7-6-8-10-18/h6-14H,15H2,1-5H3,(H,24,27). The molecule has 2 amide bonds. The number of rotatable bonds is 4. The van der Waals surface area contributed by atoms with Crippen LogP contribution in [-0.4, -0.2) is 34.6 Å². The molecule has 3 rings (SSSR count). The topological polar surface area (TPSA) is 61.8 Å². The number of carbonyl (C=O) groups excluding carboxylic acids is 2. The molecular formula is C23H27N3O2. The lowest BCUT2D eigenvalue weighted by molar-refractivity contribution is -0.131. The van der Waals surface area contributed by atoms with Gasteiger partial charge in [0.25, 0.3) is 5.91 Å². The molecule has 0 radical (unpaired) electrons. The second-order valence-electron chi connectivity index (χ2n) is 8.59. The van der Waals surface area contributed by atoms with Crippen molar-refractivity contribution in [3.63, 3.8) is 0 Å². The number of anilines is 1. The summed E-state index contributed by atoms with van der Waals surface area (Å²) in [4.78, 5) is 31.6. The molecule has 0 aliphatic carbocycles. The van der Waals surface area contributed by atoms with E-state index < -0.39 is 5.66 Å². The number of hydrogen-bond donors (Lipinski definition) is 1. The Morgan fingerprint density at radius 1 is 1.04 bits per heavy atom. The average molecular weight is 377 g/mol. The second-order valence-corrected chi connectivity index (χ2v) is 8.59. The van der Waals surface area contributed by atoms with Crippen molar-refractivity contribution in [3.8, 4) is 0 Å². The Balaban J connectivity index is 1.76. The van der Waals surface area contributed by atoms with Gasteiger partial charge in [-0.05, 0) is 37.0 Å². The van der Waals surface area contributed by atoms with Gasteiger partial charge in [-0.3, -0.25) is 14.6 Å². The van der Waals surface area contributed by atoms with E-state index in [1.807, 2.05) is 68.4 Å². The van der Waals surface area contributed by atoms with Gasteiger partial charge in [0.2, 0.25) is 5.91 Å². The van der Waals surface area contributed by atoms with Gasteiger partial charge >= 0.3 is 0 Å². The van der Waals surface area contributed by atoms with Crippen LogP contribution in [0.4, 0.5) is 5.69 Å². The summed E-state index contributed by atoms with van der Waals surface area (Å²) in [5.41, 5.74) is 2.34. The van der Waals surface area contributed by atoms with E-state index in [0.717, 1.165) is 5.56 Å². The van der Waals surface area contributed by atoms with Crippen LogP contribution in [0.5, 0.6) is 0 Å². The molecule has 0 atom stereocenters. The SMILES string of the molecule is CC(C)(C)c1ccc(C2=NC(C)(C)N(CC(=O)Nc3ccccc3)C2=O)cc1. The van der Waals surface area contributed by atoms with E-state index in [9.17, 15) is 9.59 Å². The van der Waals surface area contributed by atoms with Crippen molar-refractivity contribution in [3.05, 3.63) is 65.7 Å². The molecule has 2 aromatic carbocycles. The Labute approximate surface area is 166 Å². The van der Waals surface area contributed by atoms with Gasteiger partial charge in [-0.15, -0.1) is 0 Å². The minimum absolute atomic E-state index is 0.0425. The maximum atomic E-state index is 13.0. The molecular weight excluding hydrogens is 350 g/mol. The third-order valence-corrected chi connectivity index (χ3v) is 4.88. The summed E-state index contributed by atoms with van der Waals surface area (Å²) in [6.07, 6.45) is 0.